The summed E-state index contributed by atoms with van der Waals surface area (Å²) in [6, 6.07) is 19.7. The fourth-order valence-electron chi connectivity index (χ4n) is 4.60. The predicted octanol–water partition coefficient (Wildman–Crippen LogP) is 5.39. The number of aromatic nitrogens is 1. The number of anilines is 1. The molecule has 9 heteroatoms. The fourth-order valence-corrected chi connectivity index (χ4v) is 7.54. The van der Waals surface area contributed by atoms with Crippen molar-refractivity contribution in [3.05, 3.63) is 78.4 Å². The number of rotatable bonds is 7. The molecular weight excluding hydrogens is 506 g/mol. The molecular formula is C28H27N3O4S2. The van der Waals surface area contributed by atoms with Gasteiger partial charge >= 0.3 is 0 Å². The van der Waals surface area contributed by atoms with Crippen LogP contribution in [0, 0.1) is 6.92 Å². The molecule has 0 aliphatic carbocycles. The van der Waals surface area contributed by atoms with Gasteiger partial charge in [0, 0.05) is 11.6 Å². The number of carbonyl (C=O) groups is 2. The molecule has 0 bridgehead atoms. The van der Waals surface area contributed by atoms with Gasteiger partial charge in [-0.15, -0.1) is 11.3 Å². The zero-order chi connectivity index (χ0) is 26.3. The quantitative estimate of drug-likeness (QED) is 0.297. The number of benzene rings is 3. The number of sulfonamides is 1. The molecule has 4 aromatic rings. The lowest BCUT2D eigenvalue weighted by Crippen LogP contribution is -2.49. The molecule has 3 aromatic carbocycles. The maximum Gasteiger partial charge on any atom is 0.252 e. The van der Waals surface area contributed by atoms with Crippen LogP contribution >= 0.6 is 11.3 Å². The highest BCUT2D eigenvalue weighted by molar-refractivity contribution is 7.89. The maximum absolute atomic E-state index is 13.5. The van der Waals surface area contributed by atoms with Crippen molar-refractivity contribution < 1.29 is 18.0 Å². The number of aryl methyl sites for hydroxylation is 1. The molecule has 0 saturated carbocycles. The molecule has 190 valence electrons. The third-order valence-electron chi connectivity index (χ3n) is 6.69. The minimum atomic E-state index is -3.99. The van der Waals surface area contributed by atoms with Crippen molar-refractivity contribution in [1.82, 2.24) is 9.29 Å². The van der Waals surface area contributed by atoms with E-state index in [-0.39, 0.29) is 11.3 Å². The normalized spacial score (nSPS) is 17.2. The van der Waals surface area contributed by atoms with Gasteiger partial charge in [0.15, 0.2) is 0 Å². The van der Waals surface area contributed by atoms with E-state index >= 15 is 0 Å². The van der Waals surface area contributed by atoms with E-state index in [2.05, 4.69) is 6.07 Å². The molecule has 0 radical (unpaired) electrons. The molecule has 2 unspecified atom stereocenters. The average molecular weight is 534 g/mol. The Kier molecular flexibility index (Phi) is 6.70. The van der Waals surface area contributed by atoms with Gasteiger partial charge in [0.05, 0.1) is 27.2 Å². The SMILES string of the molecule is CCC(C)N(C1CC(=O)N(c2ccc(-c3nc4ccc(C)cc4s3)cc2)C1=O)S(=O)(=O)c1ccccc1. The van der Waals surface area contributed by atoms with Crippen molar-refractivity contribution in [3.63, 3.8) is 0 Å². The summed E-state index contributed by atoms with van der Waals surface area (Å²) in [6.45, 7) is 5.66. The molecule has 1 aliphatic heterocycles. The maximum atomic E-state index is 13.5. The molecule has 1 aromatic heterocycles. The van der Waals surface area contributed by atoms with Crippen LogP contribution in [0.4, 0.5) is 5.69 Å². The monoisotopic (exact) mass is 533 g/mol. The Labute approximate surface area is 220 Å². The van der Waals surface area contributed by atoms with Gasteiger partial charge in [-0.2, -0.15) is 4.31 Å². The molecule has 0 N–H and O–H groups in total. The van der Waals surface area contributed by atoms with Crippen LogP contribution in [0.1, 0.15) is 32.3 Å². The lowest BCUT2D eigenvalue weighted by molar-refractivity contribution is -0.122. The van der Waals surface area contributed by atoms with E-state index < -0.39 is 33.9 Å². The Morgan fingerprint density at radius 3 is 2.43 bits per heavy atom. The van der Waals surface area contributed by atoms with E-state index in [0.29, 0.717) is 12.1 Å². The van der Waals surface area contributed by atoms with Crippen LogP contribution in [0.15, 0.2) is 77.7 Å². The van der Waals surface area contributed by atoms with Crippen LogP contribution in [-0.2, 0) is 19.6 Å². The third kappa shape index (κ3) is 4.58. The summed E-state index contributed by atoms with van der Waals surface area (Å²) in [5, 5.41) is 0.848. The van der Waals surface area contributed by atoms with E-state index in [4.69, 9.17) is 4.98 Å². The third-order valence-corrected chi connectivity index (χ3v) is 9.79. The van der Waals surface area contributed by atoms with Crippen molar-refractivity contribution >= 4 is 49.1 Å². The van der Waals surface area contributed by atoms with Gasteiger partial charge in [0.1, 0.15) is 11.0 Å². The van der Waals surface area contributed by atoms with E-state index in [1.807, 2.05) is 38.1 Å². The molecule has 2 atom stereocenters. The molecule has 7 nitrogen and oxygen atoms in total. The fraction of sp³-hybridized carbons (Fsp3) is 0.250. The number of thiazole rings is 1. The summed E-state index contributed by atoms with van der Waals surface area (Å²) < 4.78 is 29.4. The minimum Gasteiger partial charge on any atom is -0.274 e. The Bertz CT molecular complexity index is 1580. The first-order chi connectivity index (χ1) is 17.7. The molecule has 1 fully saturated rings. The van der Waals surface area contributed by atoms with Crippen LogP contribution in [0.25, 0.3) is 20.8 Å². The minimum absolute atomic E-state index is 0.101. The number of hydrogen-bond donors (Lipinski definition) is 0. The van der Waals surface area contributed by atoms with Crippen LogP contribution in [0.5, 0.6) is 0 Å². The van der Waals surface area contributed by atoms with Crippen LogP contribution in [0.2, 0.25) is 0 Å². The highest BCUT2D eigenvalue weighted by Crippen LogP contribution is 2.34. The first-order valence-corrected chi connectivity index (χ1v) is 14.4. The Morgan fingerprint density at radius 1 is 1.05 bits per heavy atom. The molecule has 2 heterocycles. The number of nitrogens with zero attached hydrogens (tertiary/aromatic N) is 3. The van der Waals surface area contributed by atoms with Crippen molar-refractivity contribution in [1.29, 1.82) is 0 Å². The molecule has 2 amide bonds. The van der Waals surface area contributed by atoms with Gasteiger partial charge in [0.25, 0.3) is 5.91 Å². The van der Waals surface area contributed by atoms with E-state index in [1.54, 1.807) is 48.6 Å². The number of carbonyl (C=O) groups excluding carboxylic acids is 2. The first-order valence-electron chi connectivity index (χ1n) is 12.1. The Hall–Kier alpha value is -3.40. The van der Waals surface area contributed by atoms with E-state index in [1.165, 1.54) is 22.0 Å². The van der Waals surface area contributed by atoms with E-state index in [0.717, 1.165) is 25.7 Å². The smallest absolute Gasteiger partial charge is 0.252 e. The lowest BCUT2D eigenvalue weighted by atomic mass is 10.2. The largest absolute Gasteiger partial charge is 0.274 e. The Morgan fingerprint density at radius 2 is 1.76 bits per heavy atom. The highest BCUT2D eigenvalue weighted by atomic mass is 32.2. The molecule has 0 spiro atoms. The van der Waals surface area contributed by atoms with Crippen molar-refractivity contribution in [2.45, 2.75) is 50.6 Å². The summed E-state index contributed by atoms with van der Waals surface area (Å²) >= 11 is 1.58. The lowest BCUT2D eigenvalue weighted by Gasteiger charge is -2.31. The standard InChI is InChI=1S/C28H27N3O4S2/c1-4-19(3)31(37(34,35)22-8-6-5-7-9-22)24-17-26(32)30(28(24)33)21-13-11-20(12-14-21)27-29-23-15-10-18(2)16-25(23)36-27/h5-16,19,24H,4,17H2,1-3H3. The highest BCUT2D eigenvalue weighted by Gasteiger charge is 2.48. The molecule has 5 rings (SSSR count). The number of hydrogen-bond acceptors (Lipinski definition) is 6. The van der Waals surface area contributed by atoms with Gasteiger partial charge < -0.3 is 0 Å². The topological polar surface area (TPSA) is 87.7 Å². The van der Waals surface area contributed by atoms with Gasteiger partial charge in [-0.1, -0.05) is 31.2 Å². The number of amides is 2. The zero-order valence-corrected chi connectivity index (χ0v) is 22.4. The zero-order valence-electron chi connectivity index (χ0n) is 20.8. The van der Waals surface area contributed by atoms with Crippen LogP contribution < -0.4 is 4.90 Å². The summed E-state index contributed by atoms with van der Waals surface area (Å²) in [7, 11) is -3.99. The van der Waals surface area contributed by atoms with Gasteiger partial charge in [-0.3, -0.25) is 9.59 Å². The second-order valence-corrected chi connectivity index (χ2v) is 12.1. The molecule has 1 aliphatic rings. The Balaban J connectivity index is 1.44. The second kappa shape index (κ2) is 9.81. The molecule has 1 saturated heterocycles. The molecule has 37 heavy (non-hydrogen) atoms. The van der Waals surface area contributed by atoms with Gasteiger partial charge in [0.2, 0.25) is 15.9 Å². The van der Waals surface area contributed by atoms with Crippen molar-refractivity contribution in [2.75, 3.05) is 4.90 Å². The van der Waals surface area contributed by atoms with Crippen molar-refractivity contribution in [3.8, 4) is 10.6 Å². The van der Waals surface area contributed by atoms with Gasteiger partial charge in [-0.25, -0.2) is 18.3 Å². The first kappa shape index (κ1) is 25.3. The predicted molar refractivity (Wildman–Crippen MR) is 146 cm³/mol. The van der Waals surface area contributed by atoms with Crippen LogP contribution in [-0.4, -0.2) is 41.6 Å². The van der Waals surface area contributed by atoms with Crippen LogP contribution in [0.3, 0.4) is 0 Å². The summed E-state index contributed by atoms with van der Waals surface area (Å²) in [6.07, 6.45) is 0.300. The summed E-state index contributed by atoms with van der Waals surface area (Å²) in [5.74, 6) is -0.956. The van der Waals surface area contributed by atoms with Gasteiger partial charge in [-0.05, 0) is 74.4 Å². The summed E-state index contributed by atoms with van der Waals surface area (Å²) in [5.41, 5.74) is 3.39. The summed E-state index contributed by atoms with van der Waals surface area (Å²) in [4.78, 5) is 32.5. The number of fused-ring (bicyclic) bond motifs is 1. The number of imide groups is 1. The van der Waals surface area contributed by atoms with Crippen molar-refractivity contribution in [2.24, 2.45) is 0 Å². The second-order valence-electron chi connectivity index (χ2n) is 9.23. The van der Waals surface area contributed by atoms with E-state index in [9.17, 15) is 18.0 Å². The average Bonchev–Trinajstić information content (AvgIpc) is 3.44.